The maximum atomic E-state index is 12.1. The van der Waals surface area contributed by atoms with E-state index in [1.807, 2.05) is 27.7 Å². The number of aliphatic hydroxyl groups excluding tert-OH is 1. The molecule has 0 bridgehead atoms. The van der Waals surface area contributed by atoms with Crippen molar-refractivity contribution in [3.63, 3.8) is 0 Å². The maximum absolute atomic E-state index is 12.1. The van der Waals surface area contributed by atoms with Gasteiger partial charge in [-0.1, -0.05) is 19.1 Å². The Morgan fingerprint density at radius 2 is 2.00 bits per heavy atom. The zero-order valence-corrected chi connectivity index (χ0v) is 14.3. The molecule has 0 aliphatic heterocycles. The normalized spacial score (nSPS) is 25.8. The molecule has 0 aromatic rings. The van der Waals surface area contributed by atoms with Gasteiger partial charge < -0.3 is 9.84 Å². The second kappa shape index (κ2) is 8.65. The first-order valence-corrected chi connectivity index (χ1v) is 8.04. The summed E-state index contributed by atoms with van der Waals surface area (Å²) in [5.41, 5.74) is 0.394. The van der Waals surface area contributed by atoms with Gasteiger partial charge in [-0.05, 0) is 52.4 Å². The summed E-state index contributed by atoms with van der Waals surface area (Å²) in [6, 6.07) is 0. The minimum atomic E-state index is -0.639. The molecule has 1 fully saturated rings. The van der Waals surface area contributed by atoms with E-state index in [-0.39, 0.29) is 11.9 Å². The molecular weight excluding hydrogens is 284 g/mol. The van der Waals surface area contributed by atoms with Gasteiger partial charge in [0.25, 0.3) is 0 Å². The van der Waals surface area contributed by atoms with Crippen molar-refractivity contribution in [2.45, 2.75) is 65.6 Å². The molecule has 0 radical (unpaired) electrons. The van der Waals surface area contributed by atoms with Crippen LogP contribution < -0.4 is 0 Å². The molecule has 0 heterocycles. The highest BCUT2D eigenvalue weighted by Gasteiger charge is 2.35. The summed E-state index contributed by atoms with van der Waals surface area (Å²) in [5, 5.41) is 10.2. The number of carbonyl (C=O) groups excluding carboxylic acids is 1. The van der Waals surface area contributed by atoms with Gasteiger partial charge in [0.2, 0.25) is 0 Å². The SMILES string of the molecule is C=C(C)COOCC1CCC(OC(=O)C(C)(C)CC)C(O)C1. The molecule has 5 nitrogen and oxygen atoms in total. The van der Waals surface area contributed by atoms with Crippen LogP contribution in [0.5, 0.6) is 0 Å². The zero-order valence-electron chi connectivity index (χ0n) is 14.3. The second-order valence-electron chi connectivity index (χ2n) is 6.93. The monoisotopic (exact) mass is 314 g/mol. The number of hydrogen-bond acceptors (Lipinski definition) is 5. The molecule has 0 amide bonds. The molecule has 1 rings (SSSR count). The summed E-state index contributed by atoms with van der Waals surface area (Å²) in [6.45, 7) is 12.1. The van der Waals surface area contributed by atoms with Gasteiger partial charge in [-0.15, -0.1) is 0 Å². The van der Waals surface area contributed by atoms with E-state index < -0.39 is 17.6 Å². The predicted octanol–water partition coefficient (Wildman–Crippen LogP) is 3.02. The second-order valence-corrected chi connectivity index (χ2v) is 6.93. The van der Waals surface area contributed by atoms with E-state index in [1.165, 1.54) is 0 Å². The van der Waals surface area contributed by atoms with Gasteiger partial charge in [-0.25, -0.2) is 9.78 Å². The molecule has 3 unspecified atom stereocenters. The third-order valence-corrected chi connectivity index (χ3v) is 4.25. The number of ether oxygens (including phenoxy) is 1. The Bertz CT molecular complexity index is 377. The van der Waals surface area contributed by atoms with Crippen molar-refractivity contribution in [3.8, 4) is 0 Å². The Morgan fingerprint density at radius 1 is 1.32 bits per heavy atom. The largest absolute Gasteiger partial charge is 0.459 e. The maximum Gasteiger partial charge on any atom is 0.311 e. The summed E-state index contributed by atoms with van der Waals surface area (Å²) in [5.74, 6) is -0.0206. The molecule has 0 aromatic heterocycles. The number of carbonyl (C=O) groups is 1. The predicted molar refractivity (Wildman–Crippen MR) is 84.0 cm³/mol. The Morgan fingerprint density at radius 3 is 2.55 bits per heavy atom. The average Bonchev–Trinajstić information content (AvgIpc) is 2.45. The molecule has 22 heavy (non-hydrogen) atoms. The molecular formula is C17H30O5. The Balaban J connectivity index is 2.33. The van der Waals surface area contributed by atoms with Crippen LogP contribution in [0.3, 0.4) is 0 Å². The third-order valence-electron chi connectivity index (χ3n) is 4.25. The standard InChI is InChI=1S/C17H30O5/c1-6-17(4,5)16(19)22-15-8-7-13(9-14(15)18)11-21-20-10-12(2)3/h13-15,18H,2,6-11H2,1,3-5H3. The van der Waals surface area contributed by atoms with Gasteiger partial charge in [-0.3, -0.25) is 4.79 Å². The number of rotatable bonds is 8. The van der Waals surface area contributed by atoms with Crippen LogP contribution in [0.4, 0.5) is 0 Å². The molecule has 3 atom stereocenters. The Labute approximate surface area is 133 Å². The van der Waals surface area contributed by atoms with Crippen LogP contribution >= 0.6 is 0 Å². The van der Waals surface area contributed by atoms with Crippen LogP contribution in [-0.2, 0) is 19.3 Å². The minimum Gasteiger partial charge on any atom is -0.459 e. The lowest BCUT2D eigenvalue weighted by atomic mass is 9.85. The lowest BCUT2D eigenvalue weighted by Crippen LogP contribution is -2.41. The fourth-order valence-corrected chi connectivity index (χ4v) is 2.22. The van der Waals surface area contributed by atoms with Crippen molar-refractivity contribution in [2.75, 3.05) is 13.2 Å². The Hall–Kier alpha value is -0.910. The van der Waals surface area contributed by atoms with Crippen LogP contribution in [-0.4, -0.2) is 36.5 Å². The molecule has 0 spiro atoms. The van der Waals surface area contributed by atoms with Gasteiger partial charge in [0.05, 0.1) is 18.1 Å². The van der Waals surface area contributed by atoms with Crippen LogP contribution in [0.25, 0.3) is 0 Å². The van der Waals surface area contributed by atoms with Crippen molar-refractivity contribution in [3.05, 3.63) is 12.2 Å². The topological polar surface area (TPSA) is 65.0 Å². The molecule has 128 valence electrons. The first kappa shape index (κ1) is 19.1. The molecule has 5 heteroatoms. The quantitative estimate of drug-likeness (QED) is 0.245. The molecule has 1 N–H and O–H groups in total. The lowest BCUT2D eigenvalue weighted by Gasteiger charge is -2.34. The van der Waals surface area contributed by atoms with Crippen molar-refractivity contribution in [2.24, 2.45) is 11.3 Å². The first-order valence-electron chi connectivity index (χ1n) is 8.04. The van der Waals surface area contributed by atoms with Crippen molar-refractivity contribution >= 4 is 5.97 Å². The fourth-order valence-electron chi connectivity index (χ4n) is 2.22. The smallest absolute Gasteiger partial charge is 0.311 e. The van der Waals surface area contributed by atoms with Gasteiger partial charge in [0.15, 0.2) is 0 Å². The van der Waals surface area contributed by atoms with Crippen LogP contribution in [0, 0.1) is 11.3 Å². The number of hydrogen-bond donors (Lipinski definition) is 1. The highest BCUT2D eigenvalue weighted by molar-refractivity contribution is 5.76. The van der Waals surface area contributed by atoms with Crippen LogP contribution in [0.1, 0.15) is 53.4 Å². The lowest BCUT2D eigenvalue weighted by molar-refractivity contribution is -0.297. The summed E-state index contributed by atoms with van der Waals surface area (Å²) >= 11 is 0. The minimum absolute atomic E-state index is 0.217. The highest BCUT2D eigenvalue weighted by atomic mass is 17.2. The summed E-state index contributed by atoms with van der Waals surface area (Å²) in [4.78, 5) is 22.2. The van der Waals surface area contributed by atoms with E-state index in [0.717, 1.165) is 12.0 Å². The molecule has 0 saturated heterocycles. The van der Waals surface area contributed by atoms with Crippen molar-refractivity contribution in [1.82, 2.24) is 0 Å². The van der Waals surface area contributed by atoms with Crippen molar-refractivity contribution in [1.29, 1.82) is 0 Å². The summed E-state index contributed by atoms with van der Waals surface area (Å²) in [6.07, 6.45) is 1.72. The van der Waals surface area contributed by atoms with E-state index >= 15 is 0 Å². The zero-order chi connectivity index (χ0) is 16.8. The van der Waals surface area contributed by atoms with E-state index in [1.54, 1.807) is 0 Å². The summed E-state index contributed by atoms with van der Waals surface area (Å²) < 4.78 is 5.49. The number of aliphatic hydroxyl groups is 1. The summed E-state index contributed by atoms with van der Waals surface area (Å²) in [7, 11) is 0. The van der Waals surface area contributed by atoms with Gasteiger partial charge in [-0.2, -0.15) is 0 Å². The van der Waals surface area contributed by atoms with Crippen molar-refractivity contribution < 1.29 is 24.4 Å². The first-order chi connectivity index (χ1) is 10.3. The van der Waals surface area contributed by atoms with Crippen LogP contribution in [0.15, 0.2) is 12.2 Å². The molecule has 1 aliphatic carbocycles. The Kier molecular flexibility index (Phi) is 7.53. The third kappa shape index (κ3) is 6.07. The van der Waals surface area contributed by atoms with Crippen LogP contribution in [0.2, 0.25) is 0 Å². The van der Waals surface area contributed by atoms with Gasteiger partial charge >= 0.3 is 5.97 Å². The molecule has 1 saturated carbocycles. The molecule has 1 aliphatic rings. The molecule has 0 aromatic carbocycles. The highest BCUT2D eigenvalue weighted by Crippen LogP contribution is 2.30. The van der Waals surface area contributed by atoms with E-state index in [2.05, 4.69) is 6.58 Å². The van der Waals surface area contributed by atoms with E-state index in [9.17, 15) is 9.90 Å². The van der Waals surface area contributed by atoms with Gasteiger partial charge in [0.1, 0.15) is 12.7 Å². The van der Waals surface area contributed by atoms with E-state index in [0.29, 0.717) is 32.5 Å². The fraction of sp³-hybridized carbons (Fsp3) is 0.824. The average molecular weight is 314 g/mol. The number of esters is 1. The van der Waals surface area contributed by atoms with Gasteiger partial charge in [0, 0.05) is 0 Å². The van der Waals surface area contributed by atoms with E-state index in [4.69, 9.17) is 14.5 Å².